The standard InChI is InChI=1S/C19H29N3O2/c1-14-8-10-15(11-9-14)17(22(2)3)12-20-18(23)13-21-19(24)16-6-4-5-7-16/h8-11,16-17H,4-7,12-13H2,1-3H3,(H,20,23)(H,21,24)/t17-/m0/s1. The number of rotatable bonds is 7. The van der Waals surface area contributed by atoms with E-state index in [2.05, 4.69) is 46.7 Å². The SMILES string of the molecule is Cc1ccc([C@H](CNC(=O)CNC(=O)C2CCCC2)N(C)C)cc1. The van der Waals surface area contributed by atoms with Crippen molar-refractivity contribution in [1.82, 2.24) is 15.5 Å². The van der Waals surface area contributed by atoms with Crippen LogP contribution < -0.4 is 10.6 Å². The van der Waals surface area contributed by atoms with Crippen LogP contribution in [0.5, 0.6) is 0 Å². The largest absolute Gasteiger partial charge is 0.353 e. The Morgan fingerprint density at radius 1 is 1.12 bits per heavy atom. The van der Waals surface area contributed by atoms with Crippen molar-refractivity contribution in [3.63, 3.8) is 0 Å². The average molecular weight is 331 g/mol. The molecule has 0 spiro atoms. The number of carbonyl (C=O) groups is 2. The first kappa shape index (κ1) is 18.5. The van der Waals surface area contributed by atoms with Gasteiger partial charge in [0.25, 0.3) is 0 Å². The zero-order valence-corrected chi connectivity index (χ0v) is 15.0. The Labute approximate surface area is 144 Å². The van der Waals surface area contributed by atoms with Gasteiger partial charge in [0.1, 0.15) is 0 Å². The third-order valence-electron chi connectivity index (χ3n) is 4.73. The number of nitrogens with one attached hydrogen (secondary N) is 2. The molecule has 1 atom stereocenters. The quantitative estimate of drug-likeness (QED) is 0.803. The summed E-state index contributed by atoms with van der Waals surface area (Å²) >= 11 is 0. The van der Waals surface area contributed by atoms with Crippen molar-refractivity contribution in [2.75, 3.05) is 27.2 Å². The lowest BCUT2D eigenvalue weighted by atomic mass is 10.0. The van der Waals surface area contributed by atoms with Gasteiger partial charge in [-0.1, -0.05) is 42.7 Å². The molecule has 5 heteroatoms. The molecule has 1 aromatic rings. The number of nitrogens with zero attached hydrogens (tertiary/aromatic N) is 1. The summed E-state index contributed by atoms with van der Waals surface area (Å²) in [4.78, 5) is 26.1. The Balaban J connectivity index is 1.79. The fourth-order valence-electron chi connectivity index (χ4n) is 3.16. The summed E-state index contributed by atoms with van der Waals surface area (Å²) in [5.74, 6) is -0.0227. The molecule has 1 aliphatic rings. The first-order chi connectivity index (χ1) is 11.5. The van der Waals surface area contributed by atoms with Gasteiger partial charge in [-0.15, -0.1) is 0 Å². The summed E-state index contributed by atoms with van der Waals surface area (Å²) < 4.78 is 0. The molecule has 0 unspecified atom stereocenters. The number of benzene rings is 1. The Morgan fingerprint density at radius 3 is 2.33 bits per heavy atom. The molecule has 1 saturated carbocycles. The number of carbonyl (C=O) groups excluding carboxylic acids is 2. The van der Waals surface area contributed by atoms with E-state index in [1.807, 2.05) is 14.1 Å². The fourth-order valence-corrected chi connectivity index (χ4v) is 3.16. The zero-order chi connectivity index (χ0) is 17.5. The second-order valence-corrected chi connectivity index (χ2v) is 6.89. The highest BCUT2D eigenvalue weighted by atomic mass is 16.2. The van der Waals surface area contributed by atoms with Crippen LogP contribution in [-0.2, 0) is 9.59 Å². The molecule has 0 radical (unpaired) electrons. The molecule has 1 aromatic carbocycles. The van der Waals surface area contributed by atoms with Gasteiger partial charge in [-0.05, 0) is 39.4 Å². The lowest BCUT2D eigenvalue weighted by Crippen LogP contribution is -2.41. The van der Waals surface area contributed by atoms with Crippen LogP contribution in [0.3, 0.4) is 0 Å². The van der Waals surface area contributed by atoms with Gasteiger partial charge in [-0.25, -0.2) is 0 Å². The molecular weight excluding hydrogens is 302 g/mol. The van der Waals surface area contributed by atoms with Crippen LogP contribution in [0.2, 0.25) is 0 Å². The molecule has 5 nitrogen and oxygen atoms in total. The highest BCUT2D eigenvalue weighted by Gasteiger charge is 2.23. The Morgan fingerprint density at radius 2 is 1.75 bits per heavy atom. The minimum atomic E-state index is -0.139. The normalized spacial score (nSPS) is 16.2. The highest BCUT2D eigenvalue weighted by Crippen LogP contribution is 2.24. The number of aryl methyl sites for hydroxylation is 1. The third kappa shape index (κ3) is 5.34. The van der Waals surface area contributed by atoms with Crippen LogP contribution in [0.25, 0.3) is 0 Å². The summed E-state index contributed by atoms with van der Waals surface area (Å²) in [7, 11) is 4.00. The van der Waals surface area contributed by atoms with Crippen molar-refractivity contribution in [3.8, 4) is 0 Å². The molecule has 132 valence electrons. The highest BCUT2D eigenvalue weighted by molar-refractivity contribution is 5.85. The topological polar surface area (TPSA) is 61.4 Å². The Hall–Kier alpha value is -1.88. The zero-order valence-electron chi connectivity index (χ0n) is 15.0. The van der Waals surface area contributed by atoms with E-state index >= 15 is 0 Å². The van der Waals surface area contributed by atoms with Crippen molar-refractivity contribution < 1.29 is 9.59 Å². The predicted molar refractivity (Wildman–Crippen MR) is 95.6 cm³/mol. The average Bonchev–Trinajstić information content (AvgIpc) is 3.08. The van der Waals surface area contributed by atoms with E-state index in [1.54, 1.807) is 0 Å². The van der Waals surface area contributed by atoms with E-state index < -0.39 is 0 Å². The van der Waals surface area contributed by atoms with Crippen LogP contribution in [-0.4, -0.2) is 43.9 Å². The van der Waals surface area contributed by atoms with Gasteiger partial charge in [0.2, 0.25) is 11.8 Å². The summed E-state index contributed by atoms with van der Waals surface area (Å²) in [6, 6.07) is 8.45. The van der Waals surface area contributed by atoms with Crippen LogP contribution in [0, 0.1) is 12.8 Å². The number of amides is 2. The van der Waals surface area contributed by atoms with Gasteiger partial charge < -0.3 is 15.5 Å². The van der Waals surface area contributed by atoms with E-state index in [-0.39, 0.29) is 30.3 Å². The first-order valence-electron chi connectivity index (χ1n) is 8.74. The lowest BCUT2D eigenvalue weighted by Gasteiger charge is -2.25. The van der Waals surface area contributed by atoms with Gasteiger partial charge in [-0.2, -0.15) is 0 Å². The lowest BCUT2D eigenvalue weighted by molar-refractivity contribution is -0.128. The molecule has 0 aliphatic heterocycles. The first-order valence-corrected chi connectivity index (χ1v) is 8.74. The predicted octanol–water partition coefficient (Wildman–Crippen LogP) is 2.02. The summed E-state index contributed by atoms with van der Waals surface area (Å²) in [5, 5.41) is 5.69. The van der Waals surface area contributed by atoms with E-state index in [4.69, 9.17) is 0 Å². The molecule has 0 heterocycles. The van der Waals surface area contributed by atoms with E-state index in [0.717, 1.165) is 25.7 Å². The van der Waals surface area contributed by atoms with Crippen LogP contribution >= 0.6 is 0 Å². The van der Waals surface area contributed by atoms with E-state index in [0.29, 0.717) is 6.54 Å². The third-order valence-corrected chi connectivity index (χ3v) is 4.73. The molecule has 2 N–H and O–H groups in total. The smallest absolute Gasteiger partial charge is 0.239 e. The summed E-state index contributed by atoms with van der Waals surface area (Å²) in [6.45, 7) is 2.64. The van der Waals surface area contributed by atoms with Crippen molar-refractivity contribution >= 4 is 11.8 Å². The Bertz CT molecular complexity index is 548. The molecule has 24 heavy (non-hydrogen) atoms. The van der Waals surface area contributed by atoms with E-state index in [1.165, 1.54) is 11.1 Å². The minimum Gasteiger partial charge on any atom is -0.353 e. The van der Waals surface area contributed by atoms with Crippen LogP contribution in [0.4, 0.5) is 0 Å². The summed E-state index contributed by atoms with van der Waals surface area (Å²) in [5.41, 5.74) is 2.39. The fraction of sp³-hybridized carbons (Fsp3) is 0.579. The molecule has 2 rings (SSSR count). The second-order valence-electron chi connectivity index (χ2n) is 6.89. The molecule has 0 saturated heterocycles. The Kier molecular flexibility index (Phi) is 6.79. The maximum Gasteiger partial charge on any atom is 0.239 e. The van der Waals surface area contributed by atoms with Gasteiger partial charge in [-0.3, -0.25) is 9.59 Å². The molecular formula is C19H29N3O2. The van der Waals surface area contributed by atoms with Crippen LogP contribution in [0.15, 0.2) is 24.3 Å². The molecule has 0 bridgehead atoms. The van der Waals surface area contributed by atoms with Crippen molar-refractivity contribution in [1.29, 1.82) is 0 Å². The maximum absolute atomic E-state index is 12.0. The van der Waals surface area contributed by atoms with Crippen molar-refractivity contribution in [2.45, 2.75) is 38.6 Å². The van der Waals surface area contributed by atoms with Crippen LogP contribution in [0.1, 0.15) is 42.9 Å². The molecule has 1 aliphatic carbocycles. The monoisotopic (exact) mass is 331 g/mol. The molecule has 1 fully saturated rings. The second kappa shape index (κ2) is 8.83. The molecule has 2 amide bonds. The van der Waals surface area contributed by atoms with Crippen molar-refractivity contribution in [3.05, 3.63) is 35.4 Å². The number of hydrogen-bond acceptors (Lipinski definition) is 3. The maximum atomic E-state index is 12.0. The number of likely N-dealkylation sites (N-methyl/N-ethyl adjacent to an activating group) is 1. The van der Waals surface area contributed by atoms with Gasteiger partial charge in [0.15, 0.2) is 0 Å². The number of hydrogen-bond donors (Lipinski definition) is 2. The van der Waals surface area contributed by atoms with E-state index in [9.17, 15) is 9.59 Å². The van der Waals surface area contributed by atoms with Crippen molar-refractivity contribution in [2.24, 2.45) is 5.92 Å². The van der Waals surface area contributed by atoms with Gasteiger partial charge in [0, 0.05) is 12.5 Å². The minimum absolute atomic E-state index is 0.0188. The van der Waals surface area contributed by atoms with Gasteiger partial charge in [0.05, 0.1) is 12.6 Å². The molecule has 0 aromatic heterocycles. The van der Waals surface area contributed by atoms with Gasteiger partial charge >= 0.3 is 0 Å². The summed E-state index contributed by atoms with van der Waals surface area (Å²) in [6.07, 6.45) is 4.13.